The van der Waals surface area contributed by atoms with E-state index in [-0.39, 0.29) is 5.92 Å². The van der Waals surface area contributed by atoms with E-state index in [4.69, 9.17) is 11.6 Å². The van der Waals surface area contributed by atoms with Crippen molar-refractivity contribution >= 4 is 11.6 Å². The Morgan fingerprint density at radius 1 is 0.909 bits per heavy atom. The number of aryl methyl sites for hydroxylation is 2. The van der Waals surface area contributed by atoms with Crippen molar-refractivity contribution in [2.45, 2.75) is 46.0 Å². The molecule has 116 valence electrons. The van der Waals surface area contributed by atoms with Crippen LogP contribution in [0.15, 0.2) is 59.6 Å². The molecule has 0 atom stereocenters. The summed E-state index contributed by atoms with van der Waals surface area (Å²) in [6, 6.07) is 17.5. The van der Waals surface area contributed by atoms with E-state index < -0.39 is 0 Å². The summed E-state index contributed by atoms with van der Waals surface area (Å²) in [5.74, 6) is 0.227. The summed E-state index contributed by atoms with van der Waals surface area (Å²) < 4.78 is 0. The molecule has 2 aromatic carbocycles. The van der Waals surface area contributed by atoms with Crippen LogP contribution in [0.2, 0.25) is 0 Å². The molecule has 0 spiro atoms. The topological polar surface area (TPSA) is 0 Å². The zero-order chi connectivity index (χ0) is 15.9. The molecule has 2 aromatic rings. The first-order valence-electron chi connectivity index (χ1n) is 8.09. The third-order valence-corrected chi connectivity index (χ3v) is 4.30. The molecule has 0 saturated carbocycles. The van der Waals surface area contributed by atoms with Gasteiger partial charge < -0.3 is 0 Å². The Labute approximate surface area is 139 Å². The largest absolute Gasteiger partial charge is 0.0895 e. The monoisotopic (exact) mass is 312 g/mol. The van der Waals surface area contributed by atoms with Crippen molar-refractivity contribution in [3.8, 4) is 0 Å². The van der Waals surface area contributed by atoms with Crippen LogP contribution in [-0.2, 0) is 0 Å². The summed E-state index contributed by atoms with van der Waals surface area (Å²) in [6.07, 6.45) is 5.49. The highest BCUT2D eigenvalue weighted by Crippen LogP contribution is 2.30. The van der Waals surface area contributed by atoms with Crippen molar-refractivity contribution in [2.75, 3.05) is 0 Å². The van der Waals surface area contributed by atoms with E-state index in [2.05, 4.69) is 75.4 Å². The van der Waals surface area contributed by atoms with Gasteiger partial charge in [-0.15, -0.1) is 0 Å². The van der Waals surface area contributed by atoms with E-state index in [9.17, 15) is 0 Å². The molecule has 1 heteroatoms. The van der Waals surface area contributed by atoms with Crippen molar-refractivity contribution < 1.29 is 0 Å². The Hall–Kier alpha value is -1.53. The minimum absolute atomic E-state index is 0.227. The normalized spacial score (nSPS) is 12.0. The van der Waals surface area contributed by atoms with Gasteiger partial charge in [0.25, 0.3) is 0 Å². The van der Waals surface area contributed by atoms with Crippen LogP contribution in [0.3, 0.4) is 0 Å². The lowest BCUT2D eigenvalue weighted by Gasteiger charge is -2.16. The van der Waals surface area contributed by atoms with Crippen LogP contribution < -0.4 is 0 Å². The highest BCUT2D eigenvalue weighted by Gasteiger charge is 2.12. The number of allylic oxidation sites excluding steroid dienone is 2. The zero-order valence-corrected chi connectivity index (χ0v) is 14.5. The number of halogens is 1. The number of unbranched alkanes of at least 4 members (excludes halogenated alkanes) is 1. The van der Waals surface area contributed by atoms with Gasteiger partial charge in [-0.1, -0.05) is 90.7 Å². The van der Waals surface area contributed by atoms with E-state index in [0.717, 1.165) is 17.9 Å². The van der Waals surface area contributed by atoms with Crippen LogP contribution >= 0.6 is 11.6 Å². The first-order chi connectivity index (χ1) is 10.6. The summed E-state index contributed by atoms with van der Waals surface area (Å²) in [5, 5.41) is 0.966. The average molecular weight is 313 g/mol. The second-order valence-corrected chi connectivity index (χ2v) is 6.50. The Balaban J connectivity index is 2.35. The fraction of sp³-hybridized carbons (Fsp3) is 0.333. The lowest BCUT2D eigenvalue weighted by molar-refractivity contribution is 0.802. The van der Waals surface area contributed by atoms with Gasteiger partial charge in [0.2, 0.25) is 0 Å². The van der Waals surface area contributed by atoms with Gasteiger partial charge in [0.05, 0.1) is 0 Å². The SMILES string of the molecule is CCCCC(Cl)=CC(c1ccc(C)cc1)c1ccc(C)cc1. The predicted molar refractivity (Wildman–Crippen MR) is 97.7 cm³/mol. The third kappa shape index (κ3) is 4.74. The number of hydrogen-bond donors (Lipinski definition) is 0. The van der Waals surface area contributed by atoms with Gasteiger partial charge in [-0.2, -0.15) is 0 Å². The summed E-state index contributed by atoms with van der Waals surface area (Å²) in [4.78, 5) is 0. The van der Waals surface area contributed by atoms with E-state index in [1.807, 2.05) is 0 Å². The van der Waals surface area contributed by atoms with Crippen LogP contribution in [0, 0.1) is 13.8 Å². The molecule has 0 heterocycles. The van der Waals surface area contributed by atoms with Crippen LogP contribution in [-0.4, -0.2) is 0 Å². The molecule has 0 nitrogen and oxygen atoms in total. The Kier molecular flexibility index (Phi) is 6.27. The Morgan fingerprint density at radius 2 is 1.36 bits per heavy atom. The molecular formula is C21H25Cl. The van der Waals surface area contributed by atoms with Gasteiger partial charge in [0, 0.05) is 11.0 Å². The van der Waals surface area contributed by atoms with Crippen molar-refractivity contribution in [3.05, 3.63) is 81.9 Å². The molecule has 0 N–H and O–H groups in total. The molecule has 0 unspecified atom stereocenters. The molecule has 0 radical (unpaired) electrons. The fourth-order valence-electron chi connectivity index (χ4n) is 2.54. The van der Waals surface area contributed by atoms with Gasteiger partial charge >= 0.3 is 0 Å². The molecule has 0 aliphatic heterocycles. The van der Waals surface area contributed by atoms with Crippen molar-refractivity contribution in [1.29, 1.82) is 0 Å². The molecule has 0 amide bonds. The second kappa shape index (κ2) is 8.19. The molecule has 22 heavy (non-hydrogen) atoms. The summed E-state index contributed by atoms with van der Waals surface area (Å²) in [5.41, 5.74) is 5.16. The van der Waals surface area contributed by atoms with E-state index in [1.165, 1.54) is 28.7 Å². The number of benzene rings is 2. The smallest absolute Gasteiger partial charge is 0.0283 e. The van der Waals surface area contributed by atoms with Gasteiger partial charge in [0.1, 0.15) is 0 Å². The lowest BCUT2D eigenvalue weighted by Crippen LogP contribution is -1.99. The van der Waals surface area contributed by atoms with Gasteiger partial charge in [-0.05, 0) is 37.8 Å². The fourth-order valence-corrected chi connectivity index (χ4v) is 2.80. The molecule has 2 rings (SSSR count). The first-order valence-corrected chi connectivity index (χ1v) is 8.47. The second-order valence-electron chi connectivity index (χ2n) is 6.02. The van der Waals surface area contributed by atoms with Crippen molar-refractivity contribution in [1.82, 2.24) is 0 Å². The highest BCUT2D eigenvalue weighted by molar-refractivity contribution is 6.29. The summed E-state index contributed by atoms with van der Waals surface area (Å²) in [6.45, 7) is 6.44. The Bertz CT molecular complexity index is 560. The zero-order valence-electron chi connectivity index (χ0n) is 13.8. The minimum atomic E-state index is 0.227. The minimum Gasteiger partial charge on any atom is -0.0895 e. The molecule has 0 bridgehead atoms. The van der Waals surface area contributed by atoms with Gasteiger partial charge in [-0.25, -0.2) is 0 Å². The summed E-state index contributed by atoms with van der Waals surface area (Å²) in [7, 11) is 0. The quantitative estimate of drug-likeness (QED) is 0.553. The lowest BCUT2D eigenvalue weighted by atomic mass is 9.89. The molecule has 0 saturated heterocycles. The third-order valence-electron chi connectivity index (χ3n) is 3.99. The van der Waals surface area contributed by atoms with Gasteiger partial charge in [-0.3, -0.25) is 0 Å². The molecular weight excluding hydrogens is 288 g/mol. The maximum Gasteiger partial charge on any atom is 0.0283 e. The molecule has 0 aromatic heterocycles. The Morgan fingerprint density at radius 3 is 1.77 bits per heavy atom. The standard InChI is InChI=1S/C21H25Cl/c1-4-5-6-20(22)15-21(18-11-7-16(2)8-12-18)19-13-9-17(3)10-14-19/h7-15,21H,4-6H2,1-3H3. The summed E-state index contributed by atoms with van der Waals surface area (Å²) >= 11 is 6.48. The number of hydrogen-bond acceptors (Lipinski definition) is 0. The van der Waals surface area contributed by atoms with Crippen LogP contribution in [0.5, 0.6) is 0 Å². The van der Waals surface area contributed by atoms with Gasteiger partial charge in [0.15, 0.2) is 0 Å². The van der Waals surface area contributed by atoms with E-state index >= 15 is 0 Å². The van der Waals surface area contributed by atoms with E-state index in [1.54, 1.807) is 0 Å². The van der Waals surface area contributed by atoms with Crippen molar-refractivity contribution in [2.24, 2.45) is 0 Å². The average Bonchev–Trinajstić information content (AvgIpc) is 2.52. The first kappa shape index (κ1) is 16.8. The van der Waals surface area contributed by atoms with E-state index in [0.29, 0.717) is 0 Å². The van der Waals surface area contributed by atoms with Crippen molar-refractivity contribution in [3.63, 3.8) is 0 Å². The van der Waals surface area contributed by atoms with Crippen LogP contribution in [0.4, 0.5) is 0 Å². The van der Waals surface area contributed by atoms with Crippen LogP contribution in [0.25, 0.3) is 0 Å². The molecule has 0 aliphatic rings. The number of rotatable bonds is 6. The molecule has 0 aliphatic carbocycles. The van der Waals surface area contributed by atoms with Crippen LogP contribution in [0.1, 0.15) is 54.4 Å². The highest BCUT2D eigenvalue weighted by atomic mass is 35.5. The molecule has 0 fully saturated rings. The maximum absolute atomic E-state index is 6.48. The predicted octanol–water partition coefficient (Wildman–Crippen LogP) is 6.75. The maximum atomic E-state index is 6.48.